The highest BCUT2D eigenvalue weighted by atomic mass is 32.2. The zero-order valence-corrected chi connectivity index (χ0v) is 17.0. The van der Waals surface area contributed by atoms with Crippen LogP contribution in [-0.4, -0.2) is 33.0 Å². The van der Waals surface area contributed by atoms with Gasteiger partial charge in [-0.05, 0) is 24.1 Å². The molecule has 7 heteroatoms. The molecule has 3 aromatic rings. The number of hydrogen-bond donors (Lipinski definition) is 1. The van der Waals surface area contributed by atoms with E-state index < -0.39 is 0 Å². The van der Waals surface area contributed by atoms with Gasteiger partial charge < -0.3 is 9.73 Å². The molecule has 28 heavy (non-hydrogen) atoms. The first-order valence-corrected chi connectivity index (χ1v) is 10.7. The number of hydrogen-bond acceptors (Lipinski definition) is 5. The molecule has 2 aromatic heterocycles. The summed E-state index contributed by atoms with van der Waals surface area (Å²) in [5.74, 6) is 1.67. The number of carbonyl (C=O) groups excluding carboxylic acids is 1. The highest BCUT2D eigenvalue weighted by Crippen LogP contribution is 2.25. The van der Waals surface area contributed by atoms with Crippen molar-refractivity contribution < 1.29 is 9.21 Å². The van der Waals surface area contributed by atoms with Crippen molar-refractivity contribution in [2.24, 2.45) is 0 Å². The van der Waals surface area contributed by atoms with Crippen molar-refractivity contribution in [3.8, 4) is 11.6 Å². The number of furan rings is 1. The average molecular weight is 399 g/mol. The first-order chi connectivity index (χ1) is 13.8. The van der Waals surface area contributed by atoms with E-state index in [2.05, 4.69) is 34.6 Å². The summed E-state index contributed by atoms with van der Waals surface area (Å²) in [6, 6.07) is 13.8. The van der Waals surface area contributed by atoms with E-state index in [1.54, 1.807) is 6.26 Å². The van der Waals surface area contributed by atoms with Gasteiger partial charge in [0.2, 0.25) is 11.7 Å². The topological polar surface area (TPSA) is 73.0 Å². The molecule has 148 valence electrons. The van der Waals surface area contributed by atoms with Crippen LogP contribution >= 0.6 is 11.8 Å². The summed E-state index contributed by atoms with van der Waals surface area (Å²) in [5, 5.41) is 12.3. The number of aromatic nitrogens is 3. The molecule has 0 radical (unpaired) electrons. The number of benzene rings is 1. The van der Waals surface area contributed by atoms with Crippen LogP contribution in [0.5, 0.6) is 0 Å². The van der Waals surface area contributed by atoms with Crippen LogP contribution in [0, 0.1) is 0 Å². The molecule has 0 bridgehead atoms. The van der Waals surface area contributed by atoms with E-state index in [1.165, 1.54) is 24.6 Å². The Morgan fingerprint density at radius 1 is 1.11 bits per heavy atom. The van der Waals surface area contributed by atoms with E-state index in [0.29, 0.717) is 29.0 Å². The molecule has 0 atom stereocenters. The van der Waals surface area contributed by atoms with E-state index in [9.17, 15) is 4.79 Å². The summed E-state index contributed by atoms with van der Waals surface area (Å²) in [6.07, 6.45) is 6.20. The van der Waals surface area contributed by atoms with E-state index in [-0.39, 0.29) is 5.91 Å². The van der Waals surface area contributed by atoms with Crippen LogP contribution in [0.1, 0.15) is 38.2 Å². The summed E-state index contributed by atoms with van der Waals surface area (Å²) in [7, 11) is 0. The zero-order valence-electron chi connectivity index (χ0n) is 16.1. The van der Waals surface area contributed by atoms with Crippen molar-refractivity contribution in [2.75, 3.05) is 12.3 Å². The van der Waals surface area contributed by atoms with Gasteiger partial charge in [-0.1, -0.05) is 68.3 Å². The molecule has 3 rings (SSSR count). The highest BCUT2D eigenvalue weighted by molar-refractivity contribution is 7.99. The summed E-state index contributed by atoms with van der Waals surface area (Å²) >= 11 is 1.40. The monoisotopic (exact) mass is 398 g/mol. The van der Waals surface area contributed by atoms with Crippen LogP contribution in [0.15, 0.2) is 58.3 Å². The fourth-order valence-electron chi connectivity index (χ4n) is 2.85. The SMILES string of the molecule is CCCCCCNC(=O)CSc1nnc(-c2ccco2)n1Cc1ccccc1. The number of nitrogens with one attached hydrogen (secondary N) is 1. The molecule has 0 aliphatic heterocycles. The Morgan fingerprint density at radius 3 is 2.71 bits per heavy atom. The van der Waals surface area contributed by atoms with Gasteiger partial charge in [-0.3, -0.25) is 9.36 Å². The molecule has 1 N–H and O–H groups in total. The molecule has 1 amide bonds. The van der Waals surface area contributed by atoms with Gasteiger partial charge in [-0.2, -0.15) is 0 Å². The lowest BCUT2D eigenvalue weighted by atomic mass is 10.2. The molecule has 0 fully saturated rings. The van der Waals surface area contributed by atoms with E-state index >= 15 is 0 Å². The van der Waals surface area contributed by atoms with Crippen LogP contribution < -0.4 is 5.32 Å². The number of thioether (sulfide) groups is 1. The van der Waals surface area contributed by atoms with Crippen molar-refractivity contribution in [3.05, 3.63) is 54.3 Å². The molecule has 0 saturated heterocycles. The van der Waals surface area contributed by atoms with Crippen molar-refractivity contribution in [3.63, 3.8) is 0 Å². The Kier molecular flexibility index (Phi) is 7.72. The Bertz CT molecular complexity index is 847. The lowest BCUT2D eigenvalue weighted by Gasteiger charge is -2.09. The molecule has 0 spiro atoms. The Hall–Kier alpha value is -2.54. The van der Waals surface area contributed by atoms with E-state index in [0.717, 1.165) is 24.9 Å². The molecule has 0 aliphatic carbocycles. The normalized spacial score (nSPS) is 10.9. The Morgan fingerprint density at radius 2 is 1.96 bits per heavy atom. The molecular formula is C21H26N4O2S. The Balaban J connectivity index is 1.64. The number of amides is 1. The van der Waals surface area contributed by atoms with Crippen LogP contribution in [0.2, 0.25) is 0 Å². The van der Waals surface area contributed by atoms with Crippen molar-refractivity contribution in [1.29, 1.82) is 0 Å². The highest BCUT2D eigenvalue weighted by Gasteiger charge is 2.17. The number of unbranched alkanes of at least 4 members (excludes halogenated alkanes) is 3. The molecule has 6 nitrogen and oxygen atoms in total. The fourth-order valence-corrected chi connectivity index (χ4v) is 3.62. The molecule has 0 aliphatic rings. The molecule has 1 aromatic carbocycles. The lowest BCUT2D eigenvalue weighted by Crippen LogP contribution is -2.26. The second-order valence-electron chi connectivity index (χ2n) is 6.55. The minimum Gasteiger partial charge on any atom is -0.461 e. The second kappa shape index (κ2) is 10.7. The summed E-state index contributed by atoms with van der Waals surface area (Å²) in [6.45, 7) is 3.52. The minimum atomic E-state index is 0.0234. The summed E-state index contributed by atoms with van der Waals surface area (Å²) < 4.78 is 7.50. The maximum absolute atomic E-state index is 12.1. The summed E-state index contributed by atoms with van der Waals surface area (Å²) in [4.78, 5) is 12.1. The second-order valence-corrected chi connectivity index (χ2v) is 7.50. The third kappa shape index (κ3) is 5.73. The lowest BCUT2D eigenvalue weighted by molar-refractivity contribution is -0.118. The fraction of sp³-hybridized carbons (Fsp3) is 0.381. The van der Waals surface area contributed by atoms with Gasteiger partial charge in [0, 0.05) is 6.54 Å². The van der Waals surface area contributed by atoms with Gasteiger partial charge in [-0.25, -0.2) is 0 Å². The van der Waals surface area contributed by atoms with Crippen molar-refractivity contribution in [1.82, 2.24) is 20.1 Å². The first-order valence-electron chi connectivity index (χ1n) is 9.68. The summed E-state index contributed by atoms with van der Waals surface area (Å²) in [5.41, 5.74) is 1.14. The minimum absolute atomic E-state index is 0.0234. The van der Waals surface area contributed by atoms with Gasteiger partial charge in [0.25, 0.3) is 0 Å². The van der Waals surface area contributed by atoms with Gasteiger partial charge in [-0.15, -0.1) is 10.2 Å². The third-order valence-electron chi connectivity index (χ3n) is 4.33. The maximum atomic E-state index is 12.1. The molecular weight excluding hydrogens is 372 g/mol. The molecule has 0 saturated carbocycles. The Labute approximate surface area is 169 Å². The predicted octanol–water partition coefficient (Wildman–Crippen LogP) is 4.38. The van der Waals surface area contributed by atoms with Gasteiger partial charge in [0.05, 0.1) is 18.6 Å². The van der Waals surface area contributed by atoms with Crippen LogP contribution in [-0.2, 0) is 11.3 Å². The van der Waals surface area contributed by atoms with Crippen molar-refractivity contribution >= 4 is 17.7 Å². The first kappa shape index (κ1) is 20.2. The van der Waals surface area contributed by atoms with Crippen LogP contribution in [0.25, 0.3) is 11.6 Å². The van der Waals surface area contributed by atoms with E-state index in [4.69, 9.17) is 4.42 Å². The van der Waals surface area contributed by atoms with Gasteiger partial charge >= 0.3 is 0 Å². The van der Waals surface area contributed by atoms with Gasteiger partial charge in [0.15, 0.2) is 10.9 Å². The smallest absolute Gasteiger partial charge is 0.230 e. The largest absolute Gasteiger partial charge is 0.461 e. The maximum Gasteiger partial charge on any atom is 0.230 e. The predicted molar refractivity (Wildman–Crippen MR) is 111 cm³/mol. The average Bonchev–Trinajstić information content (AvgIpc) is 3.37. The van der Waals surface area contributed by atoms with Crippen LogP contribution in [0.3, 0.4) is 0 Å². The zero-order chi connectivity index (χ0) is 19.6. The van der Waals surface area contributed by atoms with Gasteiger partial charge in [0.1, 0.15) is 0 Å². The van der Waals surface area contributed by atoms with Crippen LogP contribution in [0.4, 0.5) is 0 Å². The molecule has 2 heterocycles. The number of carbonyl (C=O) groups is 1. The quantitative estimate of drug-likeness (QED) is 0.383. The third-order valence-corrected chi connectivity index (χ3v) is 5.29. The number of rotatable bonds is 11. The molecule has 0 unspecified atom stereocenters. The van der Waals surface area contributed by atoms with Crippen molar-refractivity contribution in [2.45, 2.75) is 44.3 Å². The standard InChI is InChI=1S/C21H26N4O2S/c1-2-3-4-8-13-22-19(26)16-28-21-24-23-20(18-12-9-14-27-18)25(21)15-17-10-6-5-7-11-17/h5-7,9-12,14H,2-4,8,13,15-16H2,1H3,(H,22,26). The number of nitrogens with zero attached hydrogens (tertiary/aromatic N) is 3. The van der Waals surface area contributed by atoms with E-state index in [1.807, 2.05) is 34.9 Å².